The number of para-hydroxylation sites is 2. The van der Waals surface area contributed by atoms with E-state index in [1.165, 1.54) is 11.8 Å². The Balaban J connectivity index is 1.35. The fourth-order valence-electron chi connectivity index (χ4n) is 4.19. The first-order chi connectivity index (χ1) is 16.6. The number of hydrogen-bond donors (Lipinski definition) is 1. The molecule has 0 spiro atoms. The van der Waals surface area contributed by atoms with E-state index < -0.39 is 0 Å². The summed E-state index contributed by atoms with van der Waals surface area (Å²) >= 11 is 1.39. The molecule has 0 unspecified atom stereocenters. The van der Waals surface area contributed by atoms with Crippen molar-refractivity contribution in [3.05, 3.63) is 72.1 Å². The molecule has 0 saturated carbocycles. The second-order valence-corrected chi connectivity index (χ2v) is 9.10. The third kappa shape index (κ3) is 4.46. The number of Topliss-reactive ketones (excluding diaryl/α,β-unsaturated/α-hetero) is 1. The summed E-state index contributed by atoms with van der Waals surface area (Å²) in [5.41, 5.74) is 3.77. The second kappa shape index (κ2) is 9.77. The maximum atomic E-state index is 12.9. The molecule has 0 aliphatic carbocycles. The van der Waals surface area contributed by atoms with Gasteiger partial charge in [0, 0.05) is 30.5 Å². The summed E-state index contributed by atoms with van der Waals surface area (Å²) in [5, 5.41) is 0.739. The van der Waals surface area contributed by atoms with E-state index in [0.717, 1.165) is 53.6 Å². The number of benzene rings is 2. The number of carbonyl (C=O) groups excluding carboxylic acids is 2. The molecule has 1 saturated heterocycles. The number of amides is 1. The molecule has 0 radical (unpaired) electrons. The van der Waals surface area contributed by atoms with Crippen molar-refractivity contribution in [1.29, 1.82) is 0 Å². The van der Waals surface area contributed by atoms with E-state index in [4.69, 9.17) is 9.72 Å². The number of H-pyrrole nitrogens is 1. The largest absolute Gasteiger partial charge is 0.494 e. The van der Waals surface area contributed by atoms with Crippen LogP contribution in [-0.4, -0.2) is 56.6 Å². The van der Waals surface area contributed by atoms with Gasteiger partial charge in [-0.2, -0.15) is 0 Å². The molecule has 0 bridgehead atoms. The Hall–Kier alpha value is -3.52. The lowest BCUT2D eigenvalue weighted by molar-refractivity contribution is 0.0787. The monoisotopic (exact) mass is 474 g/mol. The van der Waals surface area contributed by atoms with Crippen LogP contribution >= 0.6 is 11.8 Å². The highest BCUT2D eigenvalue weighted by atomic mass is 32.2. The first-order valence-corrected chi connectivity index (χ1v) is 12.5. The highest BCUT2D eigenvalue weighted by Gasteiger charge is 2.22. The minimum atomic E-state index is -0.0491. The number of thioether (sulfide) groups is 1. The fraction of sp³-hybridized carbons (Fsp3) is 0.269. The summed E-state index contributed by atoms with van der Waals surface area (Å²) in [6, 6.07) is 17.4. The number of aromatic nitrogens is 3. The summed E-state index contributed by atoms with van der Waals surface area (Å²) in [6.07, 6.45) is 3.69. The van der Waals surface area contributed by atoms with Crippen LogP contribution in [0.25, 0.3) is 16.7 Å². The highest BCUT2D eigenvalue weighted by molar-refractivity contribution is 7.99. The maximum Gasteiger partial charge on any atom is 0.270 e. The molecule has 1 fully saturated rings. The van der Waals surface area contributed by atoms with Gasteiger partial charge in [0.2, 0.25) is 0 Å². The van der Waals surface area contributed by atoms with Crippen LogP contribution in [0.4, 0.5) is 0 Å². The van der Waals surface area contributed by atoms with E-state index in [2.05, 4.69) is 9.55 Å². The predicted molar refractivity (Wildman–Crippen MR) is 133 cm³/mol. The quantitative estimate of drug-likeness (QED) is 0.288. The molecule has 4 aromatic rings. The average Bonchev–Trinajstić information content (AvgIpc) is 3.63. The fourth-order valence-corrected chi connectivity index (χ4v) is 5.11. The molecule has 7 nitrogen and oxygen atoms in total. The van der Waals surface area contributed by atoms with Crippen molar-refractivity contribution in [3.8, 4) is 11.4 Å². The number of rotatable bonds is 8. The van der Waals surface area contributed by atoms with Crippen molar-refractivity contribution < 1.29 is 14.3 Å². The molecule has 174 valence electrons. The van der Waals surface area contributed by atoms with Gasteiger partial charge < -0.3 is 14.6 Å². The van der Waals surface area contributed by atoms with Gasteiger partial charge in [-0.3, -0.25) is 14.2 Å². The Labute approximate surface area is 202 Å². The van der Waals surface area contributed by atoms with Crippen molar-refractivity contribution in [3.63, 3.8) is 0 Å². The lowest BCUT2D eigenvalue weighted by atomic mass is 10.2. The Morgan fingerprint density at radius 3 is 2.62 bits per heavy atom. The second-order valence-electron chi connectivity index (χ2n) is 8.16. The Bertz CT molecular complexity index is 1320. The zero-order chi connectivity index (χ0) is 23.5. The predicted octanol–water partition coefficient (Wildman–Crippen LogP) is 4.96. The van der Waals surface area contributed by atoms with Crippen LogP contribution in [0.2, 0.25) is 0 Å². The van der Waals surface area contributed by atoms with Crippen molar-refractivity contribution in [2.75, 3.05) is 25.4 Å². The van der Waals surface area contributed by atoms with E-state index in [1.54, 1.807) is 12.3 Å². The van der Waals surface area contributed by atoms with Gasteiger partial charge in [0.05, 0.1) is 23.4 Å². The molecule has 0 atom stereocenters. The smallest absolute Gasteiger partial charge is 0.270 e. The van der Waals surface area contributed by atoms with Gasteiger partial charge in [0.1, 0.15) is 11.4 Å². The molecule has 34 heavy (non-hydrogen) atoms. The lowest BCUT2D eigenvalue weighted by Crippen LogP contribution is -2.27. The van der Waals surface area contributed by atoms with Crippen molar-refractivity contribution in [1.82, 2.24) is 19.4 Å². The number of carbonyl (C=O) groups is 2. The summed E-state index contributed by atoms with van der Waals surface area (Å²) in [7, 11) is 0. The molecule has 1 amide bonds. The zero-order valence-corrected chi connectivity index (χ0v) is 19.8. The van der Waals surface area contributed by atoms with Gasteiger partial charge in [-0.05, 0) is 62.2 Å². The maximum absolute atomic E-state index is 12.9. The third-order valence-electron chi connectivity index (χ3n) is 5.90. The van der Waals surface area contributed by atoms with Crippen LogP contribution < -0.4 is 4.74 Å². The van der Waals surface area contributed by atoms with Crippen molar-refractivity contribution in [2.45, 2.75) is 24.9 Å². The Kier molecular flexibility index (Phi) is 6.40. The number of ether oxygens (including phenoxy) is 1. The molecule has 8 heteroatoms. The molecule has 2 aromatic heterocycles. The number of aromatic amines is 1. The van der Waals surface area contributed by atoms with Crippen LogP contribution in [-0.2, 0) is 0 Å². The van der Waals surface area contributed by atoms with Gasteiger partial charge in [0.25, 0.3) is 5.91 Å². The van der Waals surface area contributed by atoms with E-state index >= 15 is 0 Å². The highest BCUT2D eigenvalue weighted by Crippen LogP contribution is 2.29. The molecule has 1 N–H and O–H groups in total. The van der Waals surface area contributed by atoms with E-state index in [9.17, 15) is 9.59 Å². The first-order valence-electron chi connectivity index (χ1n) is 11.5. The number of imidazole rings is 1. The minimum absolute atomic E-state index is 0.0403. The van der Waals surface area contributed by atoms with Gasteiger partial charge in [-0.15, -0.1) is 0 Å². The SMILES string of the molecule is CCOc1ccc(-n2c(SCC(=O)c3c[nH]c(C(=O)N4CCCC4)c3)nc3ccccc32)cc1. The molecule has 5 rings (SSSR count). The van der Waals surface area contributed by atoms with Crippen LogP contribution in [0.5, 0.6) is 5.75 Å². The standard InChI is InChI=1S/C26H26N4O3S/c1-2-33-20-11-9-19(10-12-20)30-23-8-4-3-7-21(23)28-26(30)34-17-24(31)18-15-22(27-16-18)25(32)29-13-5-6-14-29/h3-4,7-12,15-16,27H,2,5-6,13-14,17H2,1H3. The zero-order valence-electron chi connectivity index (χ0n) is 19.0. The van der Waals surface area contributed by atoms with Crippen LogP contribution in [0.1, 0.15) is 40.6 Å². The normalized spacial score (nSPS) is 13.5. The van der Waals surface area contributed by atoms with E-state index in [0.29, 0.717) is 17.9 Å². The van der Waals surface area contributed by atoms with Crippen LogP contribution in [0.3, 0.4) is 0 Å². The van der Waals surface area contributed by atoms with Crippen LogP contribution in [0.15, 0.2) is 66.0 Å². The van der Waals surface area contributed by atoms with E-state index in [-0.39, 0.29) is 17.4 Å². The number of hydrogen-bond acceptors (Lipinski definition) is 5. The molecule has 1 aliphatic heterocycles. The van der Waals surface area contributed by atoms with Crippen molar-refractivity contribution >= 4 is 34.5 Å². The number of fused-ring (bicyclic) bond motifs is 1. The average molecular weight is 475 g/mol. The Morgan fingerprint density at radius 2 is 1.85 bits per heavy atom. The summed E-state index contributed by atoms with van der Waals surface area (Å²) in [4.78, 5) is 35.1. The van der Waals surface area contributed by atoms with Gasteiger partial charge in [0.15, 0.2) is 10.9 Å². The van der Waals surface area contributed by atoms with E-state index in [1.807, 2.05) is 60.4 Å². The van der Waals surface area contributed by atoms with Crippen LogP contribution in [0, 0.1) is 0 Å². The third-order valence-corrected chi connectivity index (χ3v) is 6.84. The lowest BCUT2D eigenvalue weighted by Gasteiger charge is -2.13. The number of nitrogens with one attached hydrogen (secondary N) is 1. The first kappa shape index (κ1) is 22.3. The topological polar surface area (TPSA) is 80.2 Å². The summed E-state index contributed by atoms with van der Waals surface area (Å²) < 4.78 is 7.63. The molecule has 2 aromatic carbocycles. The summed E-state index contributed by atoms with van der Waals surface area (Å²) in [6.45, 7) is 4.12. The molecule has 1 aliphatic rings. The molecular formula is C26H26N4O3S. The Morgan fingerprint density at radius 1 is 1.09 bits per heavy atom. The molecular weight excluding hydrogens is 448 g/mol. The number of likely N-dealkylation sites (tertiary alicyclic amines) is 1. The summed E-state index contributed by atoms with van der Waals surface area (Å²) in [5.74, 6) is 0.940. The number of ketones is 1. The number of nitrogens with zero attached hydrogens (tertiary/aromatic N) is 3. The van der Waals surface area contributed by atoms with Crippen molar-refractivity contribution in [2.24, 2.45) is 0 Å². The minimum Gasteiger partial charge on any atom is -0.494 e. The molecule has 3 heterocycles. The van der Waals surface area contributed by atoms with Gasteiger partial charge in [-0.25, -0.2) is 4.98 Å². The van der Waals surface area contributed by atoms with Gasteiger partial charge in [-0.1, -0.05) is 23.9 Å². The van der Waals surface area contributed by atoms with Gasteiger partial charge >= 0.3 is 0 Å².